The first-order valence-electron chi connectivity index (χ1n) is 4.06. The maximum Gasteiger partial charge on any atom is 1.00 e. The maximum atomic E-state index is 2.12. The molecule has 1 aromatic rings. The lowest BCUT2D eigenvalue weighted by molar-refractivity contribution is 1.11. The van der Waals surface area contributed by atoms with Crippen molar-refractivity contribution in [2.24, 2.45) is 0 Å². The van der Waals surface area contributed by atoms with E-state index in [4.69, 9.17) is 0 Å². The third kappa shape index (κ3) is 3.15. The molecule has 0 unspecified atom stereocenters. The summed E-state index contributed by atoms with van der Waals surface area (Å²) >= 11 is 0. The van der Waals surface area contributed by atoms with Crippen molar-refractivity contribution in [2.75, 3.05) is 38.0 Å². The van der Waals surface area contributed by atoms with E-state index in [1.165, 1.54) is 11.4 Å². The molecule has 0 aliphatic heterocycles. The van der Waals surface area contributed by atoms with Gasteiger partial charge >= 0.3 is 2.85 Å². The summed E-state index contributed by atoms with van der Waals surface area (Å²) in [6.07, 6.45) is 0. The van der Waals surface area contributed by atoms with Crippen LogP contribution >= 0.6 is 12.4 Å². The van der Waals surface area contributed by atoms with Crippen molar-refractivity contribution in [2.45, 2.75) is 0 Å². The van der Waals surface area contributed by atoms with E-state index in [1.807, 2.05) is 28.2 Å². The van der Waals surface area contributed by atoms with E-state index in [1.54, 1.807) is 0 Å². The monoisotopic (exact) mass is 202 g/mol. The molecular weight excluding hydrogens is 184 g/mol. The van der Waals surface area contributed by atoms with Gasteiger partial charge in [0.15, 0.2) is 0 Å². The summed E-state index contributed by atoms with van der Waals surface area (Å²) < 4.78 is 0. The first-order chi connectivity index (χ1) is 5.61. The molecule has 1 rings (SSSR count). The molecule has 0 N–H and O–H groups in total. The van der Waals surface area contributed by atoms with Crippen LogP contribution in [0.3, 0.4) is 0 Å². The van der Waals surface area contributed by atoms with Crippen molar-refractivity contribution in [3.8, 4) is 0 Å². The average Bonchev–Trinajstić information content (AvgIpc) is 2.04. The van der Waals surface area contributed by atoms with Gasteiger partial charge in [0.2, 0.25) is 0 Å². The van der Waals surface area contributed by atoms with Gasteiger partial charge in [0.05, 0.1) is 0 Å². The van der Waals surface area contributed by atoms with Crippen molar-refractivity contribution >= 4 is 23.8 Å². The number of hydrogen-bond donors (Lipinski definition) is 0. The fraction of sp³-hybridized carbons (Fsp3) is 0.400. The van der Waals surface area contributed by atoms with Crippen molar-refractivity contribution < 1.29 is 2.85 Å². The lowest BCUT2D eigenvalue weighted by atomic mass is 10.2. The Bertz CT molecular complexity index is 223. The number of nitrogens with zero attached hydrogens (tertiary/aromatic N) is 2. The summed E-state index contributed by atoms with van der Waals surface area (Å²) in [4.78, 5) is 4.19. The van der Waals surface area contributed by atoms with Crippen LogP contribution in [0.5, 0.6) is 0 Å². The van der Waals surface area contributed by atoms with Crippen LogP contribution in [0.15, 0.2) is 24.3 Å². The summed E-state index contributed by atoms with van der Waals surface area (Å²) in [5, 5.41) is 0. The summed E-state index contributed by atoms with van der Waals surface area (Å²) in [7, 11) is 8.19. The van der Waals surface area contributed by atoms with E-state index in [0.29, 0.717) is 0 Å². The third-order valence-corrected chi connectivity index (χ3v) is 1.88. The van der Waals surface area contributed by atoms with Gasteiger partial charge in [-0.1, -0.05) is 0 Å². The second kappa shape index (κ2) is 4.97. The highest BCUT2D eigenvalue weighted by molar-refractivity contribution is 5.85. The highest BCUT2D eigenvalue weighted by atomic mass is 35.5. The second-order valence-corrected chi connectivity index (χ2v) is 3.31. The highest BCUT2D eigenvalue weighted by Gasteiger charge is 1.96. The third-order valence-electron chi connectivity index (χ3n) is 1.88. The van der Waals surface area contributed by atoms with Crippen molar-refractivity contribution in [3.63, 3.8) is 0 Å². The van der Waals surface area contributed by atoms with Crippen LogP contribution in [0.1, 0.15) is 2.85 Å². The molecule has 13 heavy (non-hydrogen) atoms. The van der Waals surface area contributed by atoms with Gasteiger partial charge in [0.25, 0.3) is 0 Å². The molecule has 3 heteroatoms. The molecule has 2 nitrogen and oxygen atoms in total. The predicted octanol–water partition coefficient (Wildman–Crippen LogP) is 2.47. The van der Waals surface area contributed by atoms with Gasteiger partial charge in [-0.15, -0.1) is 12.4 Å². The van der Waals surface area contributed by atoms with Gasteiger partial charge in [-0.05, 0) is 24.3 Å². The summed E-state index contributed by atoms with van der Waals surface area (Å²) in [6, 6.07) is 8.48. The highest BCUT2D eigenvalue weighted by Crippen LogP contribution is 2.16. The molecule has 0 bridgehead atoms. The quantitative estimate of drug-likeness (QED) is 0.727. The molecule has 0 saturated heterocycles. The molecule has 0 aliphatic rings. The molecule has 0 radical (unpaired) electrons. The second-order valence-electron chi connectivity index (χ2n) is 3.31. The van der Waals surface area contributed by atoms with Gasteiger partial charge in [0, 0.05) is 39.6 Å². The van der Waals surface area contributed by atoms with Crippen LogP contribution in [0.4, 0.5) is 11.4 Å². The number of anilines is 2. The standard InChI is InChI=1S/C10H16N2.ClH/c1-11(2)9-5-7-10(8-6-9)12(3)4;/h5-8H,1-4H3;1H/p+2. The number of rotatable bonds is 2. The fourth-order valence-electron chi connectivity index (χ4n) is 1.05. The molecule has 0 atom stereocenters. The molecule has 0 aromatic heterocycles. The Kier molecular flexibility index (Phi) is 4.63. The van der Waals surface area contributed by atoms with E-state index in [-0.39, 0.29) is 15.3 Å². The molecule has 0 saturated carbocycles. The Balaban J connectivity index is -0.000000480. The minimum Gasteiger partial charge on any atom is -0.378 e. The van der Waals surface area contributed by atoms with E-state index in [9.17, 15) is 0 Å². The smallest absolute Gasteiger partial charge is 0.378 e. The van der Waals surface area contributed by atoms with E-state index in [2.05, 4.69) is 34.1 Å². The van der Waals surface area contributed by atoms with Crippen molar-refractivity contribution in [1.29, 1.82) is 0 Å². The SMILES string of the molecule is CN(C)c1ccc(N(C)C)cc1.Cl.[H+].[H+]. The Labute approximate surface area is 89.5 Å². The Morgan fingerprint density at radius 3 is 1.15 bits per heavy atom. The van der Waals surface area contributed by atoms with Crippen LogP contribution in [-0.2, 0) is 0 Å². The van der Waals surface area contributed by atoms with Crippen LogP contribution in [-0.4, -0.2) is 28.2 Å². The summed E-state index contributed by atoms with van der Waals surface area (Å²) in [5.74, 6) is 0. The molecular formula is C10H19ClN2+2. The normalized spacial score (nSPS) is 8.92. The number of halogens is 1. The van der Waals surface area contributed by atoms with Gasteiger partial charge in [-0.3, -0.25) is 0 Å². The predicted molar refractivity (Wildman–Crippen MR) is 64.6 cm³/mol. The lowest BCUT2D eigenvalue weighted by Gasteiger charge is -2.16. The first-order valence-corrected chi connectivity index (χ1v) is 4.06. The minimum absolute atomic E-state index is 0. The molecule has 74 valence electrons. The topological polar surface area (TPSA) is 6.48 Å². The molecule has 0 amide bonds. The van der Waals surface area contributed by atoms with Crippen LogP contribution < -0.4 is 9.80 Å². The zero-order chi connectivity index (χ0) is 9.14. The van der Waals surface area contributed by atoms with E-state index < -0.39 is 0 Å². The summed E-state index contributed by atoms with van der Waals surface area (Å²) in [5.41, 5.74) is 2.47. The van der Waals surface area contributed by atoms with Crippen LogP contribution in [0.25, 0.3) is 0 Å². The number of hydrogen-bond acceptors (Lipinski definition) is 2. The largest absolute Gasteiger partial charge is 1.00 e. The molecule has 0 fully saturated rings. The molecule has 0 aliphatic carbocycles. The first kappa shape index (κ1) is 12.1. The van der Waals surface area contributed by atoms with Gasteiger partial charge in [-0.2, -0.15) is 0 Å². The lowest BCUT2D eigenvalue weighted by Crippen LogP contribution is -2.10. The number of benzene rings is 1. The fourth-order valence-corrected chi connectivity index (χ4v) is 1.05. The van der Waals surface area contributed by atoms with Crippen molar-refractivity contribution in [3.05, 3.63) is 24.3 Å². The summed E-state index contributed by atoms with van der Waals surface area (Å²) in [6.45, 7) is 0. The van der Waals surface area contributed by atoms with E-state index in [0.717, 1.165) is 0 Å². The van der Waals surface area contributed by atoms with Gasteiger partial charge in [-0.25, -0.2) is 0 Å². The van der Waals surface area contributed by atoms with Crippen molar-refractivity contribution in [1.82, 2.24) is 0 Å². The van der Waals surface area contributed by atoms with Gasteiger partial charge < -0.3 is 9.80 Å². The Hall–Kier alpha value is -0.890. The molecule has 0 spiro atoms. The van der Waals surface area contributed by atoms with Crippen LogP contribution in [0.2, 0.25) is 0 Å². The Morgan fingerprint density at radius 1 is 0.769 bits per heavy atom. The van der Waals surface area contributed by atoms with E-state index >= 15 is 0 Å². The zero-order valence-corrected chi connectivity index (χ0v) is 9.43. The molecule has 1 aromatic carbocycles. The van der Waals surface area contributed by atoms with Gasteiger partial charge in [0.1, 0.15) is 0 Å². The zero-order valence-electron chi connectivity index (χ0n) is 10.6. The average molecular weight is 203 g/mol. The van der Waals surface area contributed by atoms with Crippen LogP contribution in [0, 0.1) is 0 Å². The maximum absolute atomic E-state index is 2.12. The minimum atomic E-state index is 0. The Morgan fingerprint density at radius 2 is 1.00 bits per heavy atom. The molecule has 0 heterocycles.